The van der Waals surface area contributed by atoms with Crippen LogP contribution >= 0.6 is 0 Å². The molecule has 0 fully saturated rings. The van der Waals surface area contributed by atoms with Crippen LogP contribution in [0.3, 0.4) is 0 Å². The Morgan fingerprint density at radius 2 is 1.81 bits per heavy atom. The van der Waals surface area contributed by atoms with Crippen molar-refractivity contribution in [1.29, 1.82) is 0 Å². The summed E-state index contributed by atoms with van der Waals surface area (Å²) in [6.45, 7) is 1.84. The monoisotopic (exact) mass is 348 g/mol. The first kappa shape index (κ1) is 17.2. The molecular formula is C19H16N4O3. The van der Waals surface area contributed by atoms with E-state index < -0.39 is 10.8 Å². The molecule has 0 bridgehead atoms. The molecule has 0 aliphatic heterocycles. The number of amides is 1. The minimum Gasteiger partial charge on any atom is -0.322 e. The number of aromatic nitrogens is 2. The summed E-state index contributed by atoms with van der Waals surface area (Å²) in [7, 11) is 0. The average Bonchev–Trinajstić information content (AvgIpc) is 2.68. The van der Waals surface area contributed by atoms with Gasteiger partial charge in [-0.15, -0.1) is 0 Å². The molecular weight excluding hydrogens is 332 g/mol. The van der Waals surface area contributed by atoms with E-state index in [1.54, 1.807) is 12.1 Å². The lowest BCUT2D eigenvalue weighted by molar-refractivity contribution is -0.385. The molecule has 0 saturated heterocycles. The highest BCUT2D eigenvalue weighted by atomic mass is 16.6. The van der Waals surface area contributed by atoms with Crippen molar-refractivity contribution < 1.29 is 9.72 Å². The average molecular weight is 348 g/mol. The van der Waals surface area contributed by atoms with Gasteiger partial charge in [0, 0.05) is 35.3 Å². The smallest absolute Gasteiger partial charge is 0.274 e. The molecule has 7 heteroatoms. The summed E-state index contributed by atoms with van der Waals surface area (Å²) in [5, 5.41) is 13.8. The number of nitro groups is 1. The third-order valence-electron chi connectivity index (χ3n) is 3.87. The van der Waals surface area contributed by atoms with Crippen LogP contribution in [-0.2, 0) is 6.42 Å². The summed E-state index contributed by atoms with van der Waals surface area (Å²) in [6.07, 6.45) is 3.40. The van der Waals surface area contributed by atoms with Crippen LogP contribution in [0.4, 0.5) is 11.4 Å². The highest BCUT2D eigenvalue weighted by Crippen LogP contribution is 2.24. The lowest BCUT2D eigenvalue weighted by atomic mass is 10.1. The second-order valence-electron chi connectivity index (χ2n) is 5.57. The predicted octanol–water partition coefficient (Wildman–Crippen LogP) is 3.87. The largest absolute Gasteiger partial charge is 0.322 e. The van der Waals surface area contributed by atoms with Gasteiger partial charge in [-0.25, -0.2) is 9.97 Å². The highest BCUT2D eigenvalue weighted by Gasteiger charge is 2.15. The zero-order valence-corrected chi connectivity index (χ0v) is 14.0. The van der Waals surface area contributed by atoms with E-state index in [1.165, 1.54) is 18.5 Å². The number of carbonyl (C=O) groups is 1. The van der Waals surface area contributed by atoms with Crippen molar-refractivity contribution >= 4 is 17.3 Å². The number of hydrogen-bond donors (Lipinski definition) is 1. The molecule has 0 atom stereocenters. The van der Waals surface area contributed by atoms with Gasteiger partial charge in [0.1, 0.15) is 0 Å². The van der Waals surface area contributed by atoms with Gasteiger partial charge in [0.15, 0.2) is 5.82 Å². The highest BCUT2D eigenvalue weighted by molar-refractivity contribution is 6.04. The van der Waals surface area contributed by atoms with E-state index in [-0.39, 0.29) is 11.3 Å². The summed E-state index contributed by atoms with van der Waals surface area (Å²) < 4.78 is 0. The number of aryl methyl sites for hydroxylation is 1. The molecule has 1 N–H and O–H groups in total. The van der Waals surface area contributed by atoms with Crippen molar-refractivity contribution in [1.82, 2.24) is 9.97 Å². The van der Waals surface area contributed by atoms with Crippen molar-refractivity contribution in [3.63, 3.8) is 0 Å². The first-order chi connectivity index (χ1) is 12.6. The molecule has 0 aliphatic carbocycles. The fourth-order valence-electron chi connectivity index (χ4n) is 2.50. The molecule has 2 aromatic carbocycles. The van der Waals surface area contributed by atoms with E-state index in [2.05, 4.69) is 15.3 Å². The minimum atomic E-state index is -0.452. The Balaban J connectivity index is 1.78. The van der Waals surface area contributed by atoms with Crippen molar-refractivity contribution in [2.24, 2.45) is 0 Å². The van der Waals surface area contributed by atoms with Gasteiger partial charge in [-0.2, -0.15) is 0 Å². The van der Waals surface area contributed by atoms with Crippen LogP contribution in [0.1, 0.15) is 22.8 Å². The first-order valence-electron chi connectivity index (χ1n) is 8.04. The van der Waals surface area contributed by atoms with Crippen LogP contribution in [0.15, 0.2) is 60.9 Å². The molecule has 130 valence electrons. The normalized spacial score (nSPS) is 10.3. The lowest BCUT2D eigenvalue weighted by Gasteiger charge is -2.07. The molecule has 1 heterocycles. The summed E-state index contributed by atoms with van der Waals surface area (Å²) in [5.74, 6) is 0.0910. The van der Waals surface area contributed by atoms with E-state index in [4.69, 9.17) is 0 Å². The van der Waals surface area contributed by atoms with Crippen molar-refractivity contribution in [3.8, 4) is 11.4 Å². The van der Waals surface area contributed by atoms with Gasteiger partial charge in [-0.3, -0.25) is 14.9 Å². The lowest BCUT2D eigenvalue weighted by Crippen LogP contribution is -2.13. The van der Waals surface area contributed by atoms with Crippen LogP contribution in [0.5, 0.6) is 0 Å². The maximum absolute atomic E-state index is 12.3. The molecule has 0 spiro atoms. The Bertz CT molecular complexity index is 941. The van der Waals surface area contributed by atoms with Gasteiger partial charge >= 0.3 is 0 Å². The molecule has 3 rings (SSSR count). The predicted molar refractivity (Wildman–Crippen MR) is 97.9 cm³/mol. The second-order valence-corrected chi connectivity index (χ2v) is 5.57. The van der Waals surface area contributed by atoms with Crippen LogP contribution in [0.2, 0.25) is 0 Å². The fourth-order valence-corrected chi connectivity index (χ4v) is 2.50. The first-order valence-corrected chi connectivity index (χ1v) is 8.04. The molecule has 0 radical (unpaired) electrons. The summed E-state index contributed by atoms with van der Waals surface area (Å²) in [6, 6.07) is 14.1. The fraction of sp³-hybridized carbons (Fsp3) is 0.105. The number of anilines is 1. The van der Waals surface area contributed by atoms with E-state index >= 15 is 0 Å². The summed E-state index contributed by atoms with van der Waals surface area (Å²) in [4.78, 5) is 31.4. The van der Waals surface area contributed by atoms with E-state index in [9.17, 15) is 14.9 Å². The Morgan fingerprint density at radius 3 is 2.42 bits per heavy atom. The number of nitrogens with zero attached hydrogens (tertiary/aromatic N) is 3. The van der Waals surface area contributed by atoms with Crippen LogP contribution in [-0.4, -0.2) is 20.8 Å². The second kappa shape index (κ2) is 7.52. The number of nitrogens with one attached hydrogen (secondary N) is 1. The Kier molecular flexibility index (Phi) is 4.98. The van der Waals surface area contributed by atoms with Gasteiger partial charge in [-0.1, -0.05) is 43.3 Å². The standard InChI is InChI=1S/C19H16N4O3/c1-2-13-8-9-16(10-17(13)23(25)26)22-19(24)15-11-20-18(21-12-15)14-6-4-3-5-7-14/h3-12H,2H2,1H3,(H,22,24). The molecule has 0 saturated carbocycles. The third kappa shape index (κ3) is 3.72. The summed E-state index contributed by atoms with van der Waals surface area (Å²) in [5.41, 5.74) is 2.08. The van der Waals surface area contributed by atoms with Gasteiger partial charge in [0.2, 0.25) is 0 Å². The van der Waals surface area contributed by atoms with Gasteiger partial charge in [0.05, 0.1) is 10.5 Å². The minimum absolute atomic E-state index is 0.0130. The van der Waals surface area contributed by atoms with Gasteiger partial charge in [-0.05, 0) is 12.5 Å². The molecule has 0 unspecified atom stereocenters. The number of carbonyl (C=O) groups excluding carboxylic acids is 1. The number of benzene rings is 2. The zero-order chi connectivity index (χ0) is 18.5. The number of nitro benzene ring substituents is 1. The van der Waals surface area contributed by atoms with Crippen molar-refractivity contribution in [3.05, 3.63) is 82.2 Å². The van der Waals surface area contributed by atoms with Gasteiger partial charge in [0.25, 0.3) is 11.6 Å². The Labute approximate surface area is 149 Å². The number of rotatable bonds is 5. The van der Waals surface area contributed by atoms with Crippen molar-refractivity contribution in [2.45, 2.75) is 13.3 Å². The zero-order valence-electron chi connectivity index (χ0n) is 14.0. The van der Waals surface area contributed by atoms with Crippen LogP contribution < -0.4 is 5.32 Å². The maximum atomic E-state index is 12.3. The number of hydrogen-bond acceptors (Lipinski definition) is 5. The molecule has 26 heavy (non-hydrogen) atoms. The van der Waals surface area contributed by atoms with Crippen molar-refractivity contribution in [2.75, 3.05) is 5.32 Å². The third-order valence-corrected chi connectivity index (χ3v) is 3.87. The molecule has 3 aromatic rings. The molecule has 0 aliphatic rings. The van der Waals surface area contributed by atoms with Gasteiger partial charge < -0.3 is 5.32 Å². The Hall–Kier alpha value is -3.61. The van der Waals surface area contributed by atoms with Crippen LogP contribution in [0, 0.1) is 10.1 Å². The van der Waals surface area contributed by atoms with E-state index in [1.807, 2.05) is 37.3 Å². The maximum Gasteiger partial charge on any atom is 0.274 e. The van der Waals surface area contributed by atoms with E-state index in [0.29, 0.717) is 23.5 Å². The molecule has 7 nitrogen and oxygen atoms in total. The SMILES string of the molecule is CCc1ccc(NC(=O)c2cnc(-c3ccccc3)nc2)cc1[N+](=O)[O-]. The molecule has 1 amide bonds. The van der Waals surface area contributed by atoms with E-state index in [0.717, 1.165) is 5.56 Å². The Morgan fingerprint density at radius 1 is 1.12 bits per heavy atom. The molecule has 1 aromatic heterocycles. The quantitative estimate of drug-likeness (QED) is 0.557. The van der Waals surface area contributed by atoms with Crippen LogP contribution in [0.25, 0.3) is 11.4 Å². The topological polar surface area (TPSA) is 98.0 Å². The summed E-state index contributed by atoms with van der Waals surface area (Å²) >= 11 is 0.